The molecule has 0 N–H and O–H groups in total. The van der Waals surface area contributed by atoms with Crippen molar-refractivity contribution >= 4 is 17.2 Å². The van der Waals surface area contributed by atoms with E-state index in [1.807, 2.05) is 11.8 Å². The first-order valence-electron chi connectivity index (χ1n) is 6.68. The third-order valence-corrected chi connectivity index (χ3v) is 4.27. The number of carbonyl (C=O) groups excluding carboxylic acids is 1. The quantitative estimate of drug-likeness (QED) is 0.868. The predicted octanol–water partition coefficient (Wildman–Crippen LogP) is 2.00. The van der Waals surface area contributed by atoms with E-state index in [0.717, 1.165) is 43.4 Å². The average Bonchev–Trinajstić information content (AvgIpc) is 3.11. The highest BCUT2D eigenvalue weighted by Crippen LogP contribution is 2.13. The van der Waals surface area contributed by atoms with Crippen LogP contribution in [0.25, 0.3) is 0 Å². The summed E-state index contributed by atoms with van der Waals surface area (Å²) in [6, 6.07) is 3.46. The van der Waals surface area contributed by atoms with Crippen LogP contribution in [0.3, 0.4) is 0 Å². The molecule has 1 amide bonds. The number of hydrogen-bond acceptors (Lipinski definition) is 5. The molecule has 0 spiro atoms. The molecule has 1 aliphatic rings. The van der Waals surface area contributed by atoms with Crippen molar-refractivity contribution in [2.75, 3.05) is 26.2 Å². The zero-order chi connectivity index (χ0) is 13.9. The molecule has 3 rings (SSSR count). The van der Waals surface area contributed by atoms with Gasteiger partial charge in [-0.05, 0) is 19.1 Å². The van der Waals surface area contributed by atoms with Crippen molar-refractivity contribution in [3.05, 3.63) is 40.2 Å². The molecule has 0 aliphatic carbocycles. The zero-order valence-electron chi connectivity index (χ0n) is 11.4. The SMILES string of the molecule is Cc1nc(CN2CCN(C(=O)c3ccco3)CC2)cs1. The summed E-state index contributed by atoms with van der Waals surface area (Å²) in [4.78, 5) is 20.8. The monoisotopic (exact) mass is 291 g/mol. The van der Waals surface area contributed by atoms with E-state index in [9.17, 15) is 4.79 Å². The number of furan rings is 1. The van der Waals surface area contributed by atoms with Crippen molar-refractivity contribution in [2.24, 2.45) is 0 Å². The molecule has 0 bridgehead atoms. The molecule has 20 heavy (non-hydrogen) atoms. The lowest BCUT2D eigenvalue weighted by Gasteiger charge is -2.33. The number of aromatic nitrogens is 1. The van der Waals surface area contributed by atoms with Gasteiger partial charge in [-0.2, -0.15) is 0 Å². The molecule has 1 fully saturated rings. The van der Waals surface area contributed by atoms with Crippen molar-refractivity contribution in [3.63, 3.8) is 0 Å². The van der Waals surface area contributed by atoms with Crippen LogP contribution in [0.1, 0.15) is 21.3 Å². The summed E-state index contributed by atoms with van der Waals surface area (Å²) in [6.07, 6.45) is 1.54. The number of aryl methyl sites for hydroxylation is 1. The minimum Gasteiger partial charge on any atom is -0.459 e. The number of piperazine rings is 1. The van der Waals surface area contributed by atoms with Gasteiger partial charge < -0.3 is 9.32 Å². The maximum absolute atomic E-state index is 12.1. The second kappa shape index (κ2) is 5.76. The Kier molecular flexibility index (Phi) is 3.84. The van der Waals surface area contributed by atoms with Crippen LogP contribution in [0.5, 0.6) is 0 Å². The van der Waals surface area contributed by atoms with Crippen molar-refractivity contribution in [3.8, 4) is 0 Å². The van der Waals surface area contributed by atoms with Crippen molar-refractivity contribution in [1.29, 1.82) is 0 Å². The van der Waals surface area contributed by atoms with Crippen LogP contribution in [0.2, 0.25) is 0 Å². The van der Waals surface area contributed by atoms with Crippen LogP contribution in [-0.4, -0.2) is 46.9 Å². The van der Waals surface area contributed by atoms with E-state index in [-0.39, 0.29) is 5.91 Å². The second-order valence-electron chi connectivity index (χ2n) is 4.90. The summed E-state index contributed by atoms with van der Waals surface area (Å²) in [5, 5.41) is 3.21. The summed E-state index contributed by atoms with van der Waals surface area (Å²) in [5.74, 6) is 0.410. The lowest BCUT2D eigenvalue weighted by molar-refractivity contribution is 0.0596. The maximum Gasteiger partial charge on any atom is 0.289 e. The van der Waals surface area contributed by atoms with E-state index < -0.39 is 0 Å². The minimum atomic E-state index is -0.0147. The first-order chi connectivity index (χ1) is 9.72. The van der Waals surface area contributed by atoms with Crippen molar-refractivity contribution in [1.82, 2.24) is 14.8 Å². The van der Waals surface area contributed by atoms with E-state index in [0.29, 0.717) is 5.76 Å². The summed E-state index contributed by atoms with van der Waals surface area (Å²) >= 11 is 1.68. The van der Waals surface area contributed by atoms with Crippen molar-refractivity contribution < 1.29 is 9.21 Å². The van der Waals surface area contributed by atoms with Gasteiger partial charge in [-0.3, -0.25) is 9.69 Å². The maximum atomic E-state index is 12.1. The third kappa shape index (κ3) is 2.91. The Morgan fingerprint density at radius 2 is 2.20 bits per heavy atom. The Hall–Kier alpha value is -1.66. The Morgan fingerprint density at radius 1 is 1.40 bits per heavy atom. The van der Waals surface area contributed by atoms with Crippen LogP contribution < -0.4 is 0 Å². The van der Waals surface area contributed by atoms with Gasteiger partial charge in [0.15, 0.2) is 5.76 Å². The fourth-order valence-electron chi connectivity index (χ4n) is 2.38. The number of thiazole rings is 1. The van der Waals surface area contributed by atoms with Gasteiger partial charge in [-0.25, -0.2) is 4.98 Å². The molecular formula is C14H17N3O2S. The number of carbonyl (C=O) groups is 1. The second-order valence-corrected chi connectivity index (χ2v) is 5.97. The molecule has 6 heteroatoms. The molecule has 3 heterocycles. The highest BCUT2D eigenvalue weighted by molar-refractivity contribution is 7.09. The Labute approximate surface area is 121 Å². The van der Waals surface area contributed by atoms with Crippen LogP contribution in [-0.2, 0) is 6.54 Å². The number of amides is 1. The molecule has 0 saturated carbocycles. The van der Waals surface area contributed by atoms with Gasteiger partial charge in [0, 0.05) is 38.1 Å². The zero-order valence-corrected chi connectivity index (χ0v) is 12.2. The predicted molar refractivity (Wildman–Crippen MR) is 76.7 cm³/mol. The molecule has 0 unspecified atom stereocenters. The van der Waals surface area contributed by atoms with E-state index in [2.05, 4.69) is 15.3 Å². The molecule has 1 saturated heterocycles. The fourth-order valence-corrected chi connectivity index (χ4v) is 2.98. The topological polar surface area (TPSA) is 49.6 Å². The van der Waals surface area contributed by atoms with E-state index >= 15 is 0 Å². The lowest BCUT2D eigenvalue weighted by Crippen LogP contribution is -2.48. The largest absolute Gasteiger partial charge is 0.459 e. The summed E-state index contributed by atoms with van der Waals surface area (Å²) in [7, 11) is 0. The minimum absolute atomic E-state index is 0.0147. The van der Waals surface area contributed by atoms with Crippen LogP contribution in [0.4, 0.5) is 0 Å². The number of rotatable bonds is 3. The molecule has 0 aromatic carbocycles. The third-order valence-electron chi connectivity index (χ3n) is 3.44. The molecule has 0 radical (unpaired) electrons. The molecule has 106 valence electrons. The molecule has 2 aromatic heterocycles. The standard InChI is InChI=1S/C14H17N3O2S/c1-11-15-12(10-20-11)9-16-4-6-17(7-5-16)14(18)13-3-2-8-19-13/h2-3,8,10H,4-7,9H2,1H3. The van der Waals surface area contributed by atoms with Gasteiger partial charge in [-0.1, -0.05) is 0 Å². The molecule has 0 atom stereocenters. The molecule has 1 aliphatic heterocycles. The normalized spacial score (nSPS) is 16.6. The summed E-state index contributed by atoms with van der Waals surface area (Å²) in [5.41, 5.74) is 1.12. The van der Waals surface area contributed by atoms with Gasteiger partial charge in [0.25, 0.3) is 5.91 Å². The average molecular weight is 291 g/mol. The van der Waals surface area contributed by atoms with Gasteiger partial charge >= 0.3 is 0 Å². The smallest absolute Gasteiger partial charge is 0.289 e. The van der Waals surface area contributed by atoms with E-state index in [1.165, 1.54) is 6.26 Å². The first kappa shape index (κ1) is 13.3. The molecule has 5 nitrogen and oxygen atoms in total. The molecular weight excluding hydrogens is 274 g/mol. The summed E-state index contributed by atoms with van der Waals surface area (Å²) in [6.45, 7) is 6.12. The lowest BCUT2D eigenvalue weighted by atomic mass is 10.2. The van der Waals surface area contributed by atoms with Gasteiger partial charge in [0.1, 0.15) is 0 Å². The molecule has 2 aromatic rings. The van der Waals surface area contributed by atoms with E-state index in [4.69, 9.17) is 4.42 Å². The number of nitrogens with zero attached hydrogens (tertiary/aromatic N) is 3. The van der Waals surface area contributed by atoms with Crippen LogP contribution >= 0.6 is 11.3 Å². The number of hydrogen-bond donors (Lipinski definition) is 0. The van der Waals surface area contributed by atoms with Crippen LogP contribution in [0.15, 0.2) is 28.2 Å². The fraction of sp³-hybridized carbons (Fsp3) is 0.429. The van der Waals surface area contributed by atoms with Gasteiger partial charge in [0.05, 0.1) is 17.0 Å². The summed E-state index contributed by atoms with van der Waals surface area (Å²) < 4.78 is 5.16. The van der Waals surface area contributed by atoms with Gasteiger partial charge in [0.2, 0.25) is 0 Å². The highest BCUT2D eigenvalue weighted by atomic mass is 32.1. The van der Waals surface area contributed by atoms with Crippen LogP contribution in [0, 0.1) is 6.92 Å². The van der Waals surface area contributed by atoms with Gasteiger partial charge in [-0.15, -0.1) is 11.3 Å². The highest BCUT2D eigenvalue weighted by Gasteiger charge is 2.23. The Morgan fingerprint density at radius 3 is 2.80 bits per heavy atom. The van der Waals surface area contributed by atoms with E-state index in [1.54, 1.807) is 23.5 Å². The first-order valence-corrected chi connectivity index (χ1v) is 7.56. The van der Waals surface area contributed by atoms with Crippen molar-refractivity contribution in [2.45, 2.75) is 13.5 Å². The Bertz CT molecular complexity index is 571. The Balaban J connectivity index is 1.53.